The molecule has 1 saturated heterocycles. The summed E-state index contributed by atoms with van der Waals surface area (Å²) in [5.41, 5.74) is 0.835. The zero-order valence-electron chi connectivity index (χ0n) is 9.79. The van der Waals surface area contributed by atoms with Crippen LogP contribution in [-0.2, 0) is 11.2 Å². The summed E-state index contributed by atoms with van der Waals surface area (Å²) in [5, 5.41) is 3.04. The lowest BCUT2D eigenvalue weighted by molar-refractivity contribution is -0.120. The first-order valence-electron chi connectivity index (χ1n) is 5.82. The van der Waals surface area contributed by atoms with E-state index in [4.69, 9.17) is 9.47 Å². The fourth-order valence-corrected chi connectivity index (χ4v) is 2.67. The van der Waals surface area contributed by atoms with E-state index < -0.39 is 0 Å². The van der Waals surface area contributed by atoms with Gasteiger partial charge in [-0.15, -0.1) is 0 Å². The van der Waals surface area contributed by atoms with Crippen LogP contribution in [0.25, 0.3) is 0 Å². The van der Waals surface area contributed by atoms with Gasteiger partial charge in [0.05, 0.1) is 12.6 Å². The largest absolute Gasteiger partial charge is 0.496 e. The highest BCUT2D eigenvalue weighted by molar-refractivity contribution is 5.79. The van der Waals surface area contributed by atoms with Gasteiger partial charge in [-0.3, -0.25) is 4.79 Å². The zero-order valence-corrected chi connectivity index (χ0v) is 9.79. The molecule has 17 heavy (non-hydrogen) atoms. The number of amides is 1. The van der Waals surface area contributed by atoms with Gasteiger partial charge in [0.1, 0.15) is 18.1 Å². The van der Waals surface area contributed by atoms with Crippen molar-refractivity contribution in [2.45, 2.75) is 24.8 Å². The van der Waals surface area contributed by atoms with Gasteiger partial charge in [-0.05, 0) is 18.6 Å². The minimum absolute atomic E-state index is 0.118. The quantitative estimate of drug-likeness (QED) is 0.794. The van der Waals surface area contributed by atoms with Crippen molar-refractivity contribution in [1.82, 2.24) is 5.32 Å². The molecule has 2 heterocycles. The van der Waals surface area contributed by atoms with Crippen molar-refractivity contribution in [1.29, 1.82) is 0 Å². The van der Waals surface area contributed by atoms with E-state index >= 15 is 0 Å². The molecule has 3 rings (SSSR count). The Bertz CT molecular complexity index is 457. The third-order valence-corrected chi connectivity index (χ3v) is 3.56. The standard InChI is InChI=1S/C13H15NO3/c1-16-10-3-2-4-11-9(10)7-13(8-17-11)6-5-12(15)14-13/h2-4H,5-8H2,1H3,(H,14,15)/t13-/m0/s1. The number of methoxy groups -OCH3 is 1. The van der Waals surface area contributed by atoms with E-state index in [-0.39, 0.29) is 11.4 Å². The molecule has 1 N–H and O–H groups in total. The molecule has 4 heteroatoms. The molecule has 0 radical (unpaired) electrons. The third kappa shape index (κ3) is 1.64. The van der Waals surface area contributed by atoms with Crippen molar-refractivity contribution in [3.8, 4) is 11.5 Å². The normalized spacial score (nSPS) is 26.3. The second-order valence-electron chi connectivity index (χ2n) is 4.73. The molecular formula is C13H15NO3. The summed E-state index contributed by atoms with van der Waals surface area (Å²) in [5.74, 6) is 1.82. The zero-order chi connectivity index (χ0) is 11.9. The first-order valence-corrected chi connectivity index (χ1v) is 5.82. The van der Waals surface area contributed by atoms with Crippen LogP contribution in [0.15, 0.2) is 18.2 Å². The van der Waals surface area contributed by atoms with Gasteiger partial charge >= 0.3 is 0 Å². The van der Waals surface area contributed by atoms with Gasteiger partial charge in [-0.25, -0.2) is 0 Å². The van der Waals surface area contributed by atoms with Crippen molar-refractivity contribution in [2.75, 3.05) is 13.7 Å². The molecule has 4 nitrogen and oxygen atoms in total. The molecule has 1 amide bonds. The summed E-state index contributed by atoms with van der Waals surface area (Å²) in [7, 11) is 1.66. The maximum Gasteiger partial charge on any atom is 0.220 e. The molecule has 2 aliphatic heterocycles. The van der Waals surface area contributed by atoms with Crippen LogP contribution in [0.3, 0.4) is 0 Å². The number of carbonyl (C=O) groups excluding carboxylic acids is 1. The van der Waals surface area contributed by atoms with E-state index in [1.807, 2.05) is 18.2 Å². The van der Waals surface area contributed by atoms with Crippen LogP contribution in [-0.4, -0.2) is 25.2 Å². The molecule has 1 atom stereocenters. The number of rotatable bonds is 1. The lowest BCUT2D eigenvalue weighted by atomic mass is 9.87. The Labute approximate surface area is 99.9 Å². The first kappa shape index (κ1) is 10.4. The van der Waals surface area contributed by atoms with Crippen molar-refractivity contribution in [3.05, 3.63) is 23.8 Å². The number of hydrogen-bond donors (Lipinski definition) is 1. The predicted molar refractivity (Wildman–Crippen MR) is 62.3 cm³/mol. The van der Waals surface area contributed by atoms with Crippen LogP contribution in [0.2, 0.25) is 0 Å². The van der Waals surface area contributed by atoms with Gasteiger partial charge in [-0.2, -0.15) is 0 Å². The minimum atomic E-state index is -0.223. The fraction of sp³-hybridized carbons (Fsp3) is 0.462. The molecule has 0 saturated carbocycles. The molecule has 0 bridgehead atoms. The summed E-state index contributed by atoms with van der Waals surface area (Å²) >= 11 is 0. The number of nitrogens with one attached hydrogen (secondary N) is 1. The molecule has 0 unspecified atom stereocenters. The maximum absolute atomic E-state index is 11.4. The summed E-state index contributed by atoms with van der Waals surface area (Å²) in [6.45, 7) is 0.554. The molecule has 1 aromatic rings. The van der Waals surface area contributed by atoms with Crippen LogP contribution in [0.1, 0.15) is 18.4 Å². The van der Waals surface area contributed by atoms with E-state index in [0.29, 0.717) is 13.0 Å². The van der Waals surface area contributed by atoms with Gasteiger partial charge in [0.2, 0.25) is 5.91 Å². The highest BCUT2D eigenvalue weighted by Crippen LogP contribution is 2.38. The van der Waals surface area contributed by atoms with Crippen LogP contribution < -0.4 is 14.8 Å². The van der Waals surface area contributed by atoms with Gasteiger partial charge < -0.3 is 14.8 Å². The number of carbonyl (C=O) groups is 1. The SMILES string of the molecule is COc1cccc2c1C[C@@]1(CCC(=O)N1)CO2. The van der Waals surface area contributed by atoms with E-state index in [1.54, 1.807) is 7.11 Å². The monoisotopic (exact) mass is 233 g/mol. The Kier molecular flexibility index (Phi) is 2.24. The highest BCUT2D eigenvalue weighted by atomic mass is 16.5. The van der Waals surface area contributed by atoms with Crippen molar-refractivity contribution < 1.29 is 14.3 Å². The topological polar surface area (TPSA) is 47.6 Å². The van der Waals surface area contributed by atoms with Crippen LogP contribution in [0.5, 0.6) is 11.5 Å². The molecule has 1 fully saturated rings. The number of hydrogen-bond acceptors (Lipinski definition) is 3. The summed E-state index contributed by atoms with van der Waals surface area (Å²) in [6, 6.07) is 5.79. The molecule has 0 aliphatic carbocycles. The third-order valence-electron chi connectivity index (χ3n) is 3.56. The highest BCUT2D eigenvalue weighted by Gasteiger charge is 2.42. The summed E-state index contributed by atoms with van der Waals surface area (Å²) in [4.78, 5) is 11.4. The number of fused-ring (bicyclic) bond motifs is 1. The average Bonchev–Trinajstić information content (AvgIpc) is 2.70. The number of benzene rings is 1. The van der Waals surface area contributed by atoms with Gasteiger partial charge in [0, 0.05) is 18.4 Å². The first-order chi connectivity index (χ1) is 8.22. The minimum Gasteiger partial charge on any atom is -0.496 e. The van der Waals surface area contributed by atoms with Gasteiger partial charge in [-0.1, -0.05) is 6.07 Å². The maximum atomic E-state index is 11.4. The molecule has 1 aromatic carbocycles. The Morgan fingerprint density at radius 2 is 2.35 bits per heavy atom. The van der Waals surface area contributed by atoms with Crippen molar-refractivity contribution in [3.63, 3.8) is 0 Å². The van der Waals surface area contributed by atoms with Gasteiger partial charge in [0.15, 0.2) is 0 Å². The molecule has 90 valence electrons. The predicted octanol–water partition coefficient (Wildman–Crippen LogP) is 1.28. The Morgan fingerprint density at radius 3 is 3.06 bits per heavy atom. The van der Waals surface area contributed by atoms with E-state index in [2.05, 4.69) is 5.32 Å². The summed E-state index contributed by atoms with van der Waals surface area (Å²) in [6.07, 6.45) is 2.22. The average molecular weight is 233 g/mol. The Morgan fingerprint density at radius 1 is 1.47 bits per heavy atom. The van der Waals surface area contributed by atoms with Crippen LogP contribution in [0.4, 0.5) is 0 Å². The molecule has 2 aliphatic rings. The van der Waals surface area contributed by atoms with Crippen LogP contribution in [0, 0.1) is 0 Å². The molecule has 1 spiro atoms. The smallest absolute Gasteiger partial charge is 0.220 e. The Hall–Kier alpha value is -1.71. The lowest BCUT2D eigenvalue weighted by Crippen LogP contribution is -2.50. The van der Waals surface area contributed by atoms with E-state index in [0.717, 1.165) is 29.9 Å². The lowest BCUT2D eigenvalue weighted by Gasteiger charge is -2.35. The van der Waals surface area contributed by atoms with Crippen LogP contribution >= 0.6 is 0 Å². The second-order valence-corrected chi connectivity index (χ2v) is 4.73. The summed E-state index contributed by atoms with van der Waals surface area (Å²) < 4.78 is 11.1. The fourth-order valence-electron chi connectivity index (χ4n) is 2.67. The second kappa shape index (κ2) is 3.65. The molecular weight excluding hydrogens is 218 g/mol. The van der Waals surface area contributed by atoms with Crippen molar-refractivity contribution >= 4 is 5.91 Å². The molecule has 0 aromatic heterocycles. The van der Waals surface area contributed by atoms with E-state index in [1.165, 1.54) is 0 Å². The number of ether oxygens (including phenoxy) is 2. The van der Waals surface area contributed by atoms with Crippen molar-refractivity contribution in [2.24, 2.45) is 0 Å². The Balaban J connectivity index is 1.96. The van der Waals surface area contributed by atoms with Gasteiger partial charge in [0.25, 0.3) is 0 Å². The van der Waals surface area contributed by atoms with E-state index in [9.17, 15) is 4.79 Å².